The highest BCUT2D eigenvalue weighted by Gasteiger charge is 2.37. The number of rotatable bonds is 4. The highest BCUT2D eigenvalue weighted by Crippen LogP contribution is 2.26. The highest BCUT2D eigenvalue weighted by atomic mass is 79.9. The molecule has 7 heteroatoms. The van der Waals surface area contributed by atoms with Crippen LogP contribution in [-0.4, -0.2) is 47.7 Å². The Hall–Kier alpha value is -1.47. The monoisotopic (exact) mass is 359 g/mol. The fourth-order valence-corrected chi connectivity index (χ4v) is 2.87. The number of carboxylic acid groups (broad SMARTS) is 1. The summed E-state index contributed by atoms with van der Waals surface area (Å²) in [5.74, 6) is -2.14. The Morgan fingerprint density at radius 1 is 1.52 bits per heavy atom. The minimum Gasteiger partial charge on any atom is -0.481 e. The van der Waals surface area contributed by atoms with E-state index in [1.165, 1.54) is 30.2 Å². The van der Waals surface area contributed by atoms with Gasteiger partial charge in [-0.05, 0) is 24.6 Å². The van der Waals surface area contributed by atoms with Crippen LogP contribution in [-0.2, 0) is 9.53 Å². The number of hydrogen-bond acceptors (Lipinski definition) is 3. The maximum atomic E-state index is 13.8. The first-order valence-electron chi connectivity index (χ1n) is 6.43. The number of likely N-dealkylation sites (tertiary alicyclic amines) is 1. The summed E-state index contributed by atoms with van der Waals surface area (Å²) in [7, 11) is 1.51. The minimum absolute atomic E-state index is 0.0727. The van der Waals surface area contributed by atoms with Crippen molar-refractivity contribution in [1.29, 1.82) is 0 Å². The number of carbonyl (C=O) groups is 2. The zero-order valence-corrected chi connectivity index (χ0v) is 13.0. The normalized spacial score (nSPS) is 21.6. The van der Waals surface area contributed by atoms with Gasteiger partial charge in [-0.1, -0.05) is 15.9 Å². The van der Waals surface area contributed by atoms with Crippen molar-refractivity contribution >= 4 is 27.8 Å². The van der Waals surface area contributed by atoms with E-state index in [-0.39, 0.29) is 24.6 Å². The first-order valence-corrected chi connectivity index (χ1v) is 7.22. The van der Waals surface area contributed by atoms with Crippen LogP contribution in [0.1, 0.15) is 23.2 Å². The molecule has 0 aliphatic carbocycles. The average molecular weight is 360 g/mol. The predicted molar refractivity (Wildman–Crippen MR) is 76.6 cm³/mol. The lowest BCUT2D eigenvalue weighted by Crippen LogP contribution is -2.37. The number of nitrogens with zero attached hydrogens (tertiary/aromatic N) is 1. The first-order chi connectivity index (χ1) is 9.92. The fraction of sp³-hybridized carbons (Fsp3) is 0.429. The van der Waals surface area contributed by atoms with E-state index in [4.69, 9.17) is 9.84 Å². The molecule has 0 spiro atoms. The van der Waals surface area contributed by atoms with Gasteiger partial charge < -0.3 is 14.7 Å². The molecule has 1 fully saturated rings. The van der Waals surface area contributed by atoms with Gasteiger partial charge in [-0.15, -0.1) is 0 Å². The van der Waals surface area contributed by atoms with E-state index in [1.807, 2.05) is 0 Å². The molecule has 1 aromatic rings. The van der Waals surface area contributed by atoms with Gasteiger partial charge in [-0.2, -0.15) is 0 Å². The summed E-state index contributed by atoms with van der Waals surface area (Å²) in [5, 5.41) is 8.94. The number of benzene rings is 1. The smallest absolute Gasteiger partial charge is 0.305 e. The van der Waals surface area contributed by atoms with Gasteiger partial charge in [0.2, 0.25) is 0 Å². The molecule has 0 saturated carbocycles. The Morgan fingerprint density at radius 3 is 2.86 bits per heavy atom. The lowest BCUT2D eigenvalue weighted by molar-refractivity contribution is -0.137. The summed E-state index contributed by atoms with van der Waals surface area (Å²) in [5.41, 5.74) is -0.0727. The molecule has 1 saturated heterocycles. The number of hydrogen-bond donors (Lipinski definition) is 1. The molecule has 1 amide bonds. The van der Waals surface area contributed by atoms with Crippen LogP contribution in [0.2, 0.25) is 0 Å². The second-order valence-electron chi connectivity index (χ2n) is 4.93. The van der Waals surface area contributed by atoms with Gasteiger partial charge in [-0.3, -0.25) is 9.59 Å². The molecule has 21 heavy (non-hydrogen) atoms. The van der Waals surface area contributed by atoms with Crippen molar-refractivity contribution in [2.24, 2.45) is 0 Å². The van der Waals surface area contributed by atoms with Crippen LogP contribution in [0.3, 0.4) is 0 Å². The average Bonchev–Trinajstić information content (AvgIpc) is 2.83. The number of halogens is 2. The summed E-state index contributed by atoms with van der Waals surface area (Å²) in [4.78, 5) is 24.8. The van der Waals surface area contributed by atoms with Crippen molar-refractivity contribution in [3.8, 4) is 0 Å². The zero-order valence-electron chi connectivity index (χ0n) is 11.4. The van der Waals surface area contributed by atoms with Crippen LogP contribution in [0.5, 0.6) is 0 Å². The van der Waals surface area contributed by atoms with Crippen LogP contribution in [0.4, 0.5) is 4.39 Å². The molecule has 114 valence electrons. The van der Waals surface area contributed by atoms with Crippen molar-refractivity contribution in [3.63, 3.8) is 0 Å². The van der Waals surface area contributed by atoms with E-state index in [2.05, 4.69) is 15.9 Å². The van der Waals surface area contributed by atoms with Crippen LogP contribution >= 0.6 is 15.9 Å². The summed E-state index contributed by atoms with van der Waals surface area (Å²) in [6, 6.07) is 3.62. The Labute approximate surface area is 129 Å². The third kappa shape index (κ3) is 3.59. The van der Waals surface area contributed by atoms with E-state index in [0.717, 1.165) is 0 Å². The topological polar surface area (TPSA) is 66.8 Å². The Kier molecular flexibility index (Phi) is 4.95. The van der Waals surface area contributed by atoms with Crippen molar-refractivity contribution in [2.75, 3.05) is 13.7 Å². The molecule has 1 aromatic carbocycles. The first kappa shape index (κ1) is 15.9. The maximum absolute atomic E-state index is 13.8. The Balaban J connectivity index is 2.26. The van der Waals surface area contributed by atoms with Gasteiger partial charge in [0.05, 0.1) is 18.1 Å². The Morgan fingerprint density at radius 2 is 2.24 bits per heavy atom. The zero-order chi connectivity index (χ0) is 15.6. The quantitative estimate of drug-likeness (QED) is 0.895. The summed E-state index contributed by atoms with van der Waals surface area (Å²) in [6.45, 7) is 0.263. The summed E-state index contributed by atoms with van der Waals surface area (Å²) >= 11 is 3.20. The van der Waals surface area contributed by atoms with Gasteiger partial charge in [0.15, 0.2) is 0 Å². The largest absolute Gasteiger partial charge is 0.481 e. The van der Waals surface area contributed by atoms with Gasteiger partial charge >= 0.3 is 5.97 Å². The lowest BCUT2D eigenvalue weighted by atomic mass is 10.1. The van der Waals surface area contributed by atoms with Crippen molar-refractivity contribution in [3.05, 3.63) is 34.1 Å². The number of methoxy groups -OCH3 is 1. The molecule has 1 heterocycles. The van der Waals surface area contributed by atoms with E-state index in [9.17, 15) is 14.0 Å². The van der Waals surface area contributed by atoms with E-state index < -0.39 is 23.7 Å². The second-order valence-corrected chi connectivity index (χ2v) is 5.84. The van der Waals surface area contributed by atoms with Gasteiger partial charge in [0.25, 0.3) is 5.91 Å². The minimum atomic E-state index is -0.996. The molecule has 2 atom stereocenters. The molecule has 0 radical (unpaired) electrons. The van der Waals surface area contributed by atoms with E-state index in [1.54, 1.807) is 0 Å². The lowest BCUT2D eigenvalue weighted by Gasteiger charge is -2.23. The van der Waals surface area contributed by atoms with Crippen LogP contribution in [0.25, 0.3) is 0 Å². The van der Waals surface area contributed by atoms with Crippen LogP contribution in [0.15, 0.2) is 22.7 Å². The number of amides is 1. The summed E-state index contributed by atoms with van der Waals surface area (Å²) in [6.07, 6.45) is 0.0271. The van der Waals surface area contributed by atoms with Gasteiger partial charge in [-0.25, -0.2) is 4.39 Å². The standard InChI is InChI=1S/C14H15BrFNO4/c1-21-10-5-9(6-13(18)19)17(7-10)14(20)11-4-8(15)2-3-12(11)16/h2-4,9-10H,5-7H2,1H3,(H,18,19). The van der Waals surface area contributed by atoms with Crippen molar-refractivity contribution < 1.29 is 23.8 Å². The predicted octanol–water partition coefficient (Wildman–Crippen LogP) is 2.29. The SMILES string of the molecule is COC1CC(CC(=O)O)N(C(=O)c2cc(Br)ccc2F)C1. The van der Waals surface area contributed by atoms with Gasteiger partial charge in [0.1, 0.15) is 5.82 Å². The van der Waals surface area contributed by atoms with Crippen molar-refractivity contribution in [2.45, 2.75) is 25.0 Å². The number of carboxylic acids is 1. The van der Waals surface area contributed by atoms with E-state index >= 15 is 0 Å². The number of aliphatic carboxylic acids is 1. The van der Waals surface area contributed by atoms with Crippen molar-refractivity contribution in [1.82, 2.24) is 4.90 Å². The molecular weight excluding hydrogens is 345 g/mol. The van der Waals surface area contributed by atoms with Crippen LogP contribution < -0.4 is 0 Å². The molecule has 1 aliphatic rings. The molecule has 1 N–H and O–H groups in total. The molecule has 5 nitrogen and oxygen atoms in total. The fourth-order valence-electron chi connectivity index (χ4n) is 2.50. The molecule has 0 aromatic heterocycles. The number of carbonyl (C=O) groups excluding carboxylic acids is 1. The second kappa shape index (κ2) is 6.53. The third-order valence-corrected chi connectivity index (χ3v) is 4.03. The molecule has 2 unspecified atom stereocenters. The van der Waals surface area contributed by atoms with E-state index in [0.29, 0.717) is 10.9 Å². The maximum Gasteiger partial charge on any atom is 0.305 e. The molecule has 2 rings (SSSR count). The van der Waals surface area contributed by atoms with Gasteiger partial charge in [0, 0.05) is 24.2 Å². The third-order valence-electron chi connectivity index (χ3n) is 3.54. The summed E-state index contributed by atoms with van der Waals surface area (Å²) < 4.78 is 19.6. The Bertz CT molecular complexity index is 566. The molecular formula is C14H15BrFNO4. The van der Waals surface area contributed by atoms with Crippen LogP contribution in [0, 0.1) is 5.82 Å². The molecule has 0 bridgehead atoms. The molecule has 1 aliphatic heterocycles. The highest BCUT2D eigenvalue weighted by molar-refractivity contribution is 9.10. The number of ether oxygens (including phenoxy) is 1.